The molecule has 0 aliphatic carbocycles. The van der Waals surface area contributed by atoms with Gasteiger partial charge in [0, 0.05) is 13.1 Å². The quantitative estimate of drug-likeness (QED) is 0.616. The zero-order valence-corrected chi connectivity index (χ0v) is 12.3. The van der Waals surface area contributed by atoms with E-state index < -0.39 is 6.10 Å². The average Bonchev–Trinajstić information content (AvgIpc) is 2.55. The molecule has 118 valence electrons. The van der Waals surface area contributed by atoms with Gasteiger partial charge in [-0.2, -0.15) is 0 Å². The highest BCUT2D eigenvalue weighted by Crippen LogP contribution is 2.15. The molecule has 0 spiro atoms. The lowest BCUT2D eigenvalue weighted by Gasteiger charge is -2.13. The van der Waals surface area contributed by atoms with E-state index in [1.807, 2.05) is 30.3 Å². The molecule has 22 heavy (non-hydrogen) atoms. The number of aliphatic hydroxyl groups excluding tert-OH is 1. The molecule has 0 fully saturated rings. The maximum atomic E-state index is 9.80. The van der Waals surface area contributed by atoms with E-state index in [0.717, 1.165) is 5.75 Å². The van der Waals surface area contributed by atoms with Crippen LogP contribution in [0, 0.1) is 0 Å². The molecule has 5 heteroatoms. The Morgan fingerprint density at radius 2 is 1.59 bits per heavy atom. The van der Waals surface area contributed by atoms with Crippen LogP contribution in [0.5, 0.6) is 17.2 Å². The SMILES string of the molecule is Oc1ccc(OC[C@@H](O)CNCCOc2ccccc2)cc1. The predicted octanol–water partition coefficient (Wildman–Crippen LogP) is 1.80. The second kappa shape index (κ2) is 8.92. The highest BCUT2D eigenvalue weighted by molar-refractivity contribution is 5.30. The molecule has 0 heterocycles. The van der Waals surface area contributed by atoms with E-state index in [0.29, 0.717) is 25.4 Å². The highest BCUT2D eigenvalue weighted by atomic mass is 16.5. The van der Waals surface area contributed by atoms with Gasteiger partial charge in [0.05, 0.1) is 0 Å². The van der Waals surface area contributed by atoms with Crippen molar-refractivity contribution in [1.82, 2.24) is 5.32 Å². The standard InChI is InChI=1S/C17H21NO4/c19-14-6-8-17(9-7-14)22-13-15(20)12-18-10-11-21-16-4-2-1-3-5-16/h1-9,15,18-20H,10-13H2/t15-/m0/s1. The van der Waals surface area contributed by atoms with E-state index in [1.54, 1.807) is 24.3 Å². The zero-order valence-electron chi connectivity index (χ0n) is 12.3. The summed E-state index contributed by atoms with van der Waals surface area (Å²) in [6.07, 6.45) is -0.606. The van der Waals surface area contributed by atoms with Gasteiger partial charge in [-0.15, -0.1) is 0 Å². The molecule has 0 aliphatic heterocycles. The van der Waals surface area contributed by atoms with Crippen LogP contribution in [0.2, 0.25) is 0 Å². The van der Waals surface area contributed by atoms with Crippen LogP contribution in [0.1, 0.15) is 0 Å². The number of aromatic hydroxyl groups is 1. The Hall–Kier alpha value is -2.24. The maximum absolute atomic E-state index is 9.80. The van der Waals surface area contributed by atoms with Crippen LogP contribution < -0.4 is 14.8 Å². The van der Waals surface area contributed by atoms with Crippen molar-refractivity contribution < 1.29 is 19.7 Å². The first kappa shape index (κ1) is 16.1. The Kier molecular flexibility index (Phi) is 6.54. The van der Waals surface area contributed by atoms with Crippen molar-refractivity contribution in [1.29, 1.82) is 0 Å². The van der Waals surface area contributed by atoms with Crippen LogP contribution in [0.4, 0.5) is 0 Å². The van der Waals surface area contributed by atoms with Gasteiger partial charge >= 0.3 is 0 Å². The van der Waals surface area contributed by atoms with Crippen LogP contribution >= 0.6 is 0 Å². The van der Waals surface area contributed by atoms with Gasteiger partial charge in [-0.1, -0.05) is 18.2 Å². The summed E-state index contributed by atoms with van der Waals surface area (Å²) in [5.74, 6) is 1.64. The lowest BCUT2D eigenvalue weighted by molar-refractivity contribution is 0.105. The van der Waals surface area contributed by atoms with E-state index in [2.05, 4.69) is 5.32 Å². The van der Waals surface area contributed by atoms with Crippen molar-refractivity contribution in [2.45, 2.75) is 6.10 Å². The number of nitrogens with one attached hydrogen (secondary N) is 1. The molecule has 2 rings (SSSR count). The second-order valence-corrected chi connectivity index (χ2v) is 4.82. The summed E-state index contributed by atoms with van der Waals surface area (Å²) in [5.41, 5.74) is 0. The van der Waals surface area contributed by atoms with Crippen molar-refractivity contribution in [3.8, 4) is 17.2 Å². The number of phenols is 1. The van der Waals surface area contributed by atoms with Crippen molar-refractivity contribution in [2.75, 3.05) is 26.3 Å². The van der Waals surface area contributed by atoms with Gasteiger partial charge in [0.25, 0.3) is 0 Å². The summed E-state index contributed by atoms with van der Waals surface area (Å²) in [6.45, 7) is 1.80. The molecule has 2 aromatic rings. The number of aliphatic hydroxyl groups is 1. The summed E-state index contributed by atoms with van der Waals surface area (Å²) in [7, 11) is 0. The molecular formula is C17H21NO4. The Balaban J connectivity index is 1.54. The largest absolute Gasteiger partial charge is 0.508 e. The summed E-state index contributed by atoms with van der Waals surface area (Å²) in [4.78, 5) is 0. The summed E-state index contributed by atoms with van der Waals surface area (Å²) < 4.78 is 10.9. The molecule has 0 unspecified atom stereocenters. The monoisotopic (exact) mass is 303 g/mol. The van der Waals surface area contributed by atoms with Crippen molar-refractivity contribution >= 4 is 0 Å². The van der Waals surface area contributed by atoms with Gasteiger partial charge in [0.15, 0.2) is 0 Å². The first-order valence-corrected chi connectivity index (χ1v) is 7.22. The molecule has 1 atom stereocenters. The second-order valence-electron chi connectivity index (χ2n) is 4.82. The normalized spacial score (nSPS) is 11.9. The van der Waals surface area contributed by atoms with Crippen LogP contribution in [0.3, 0.4) is 0 Å². The highest BCUT2D eigenvalue weighted by Gasteiger charge is 2.05. The summed E-state index contributed by atoms with van der Waals surface area (Å²) in [6, 6.07) is 16.0. The number of para-hydroxylation sites is 1. The van der Waals surface area contributed by atoms with E-state index in [4.69, 9.17) is 14.6 Å². The van der Waals surface area contributed by atoms with Crippen LogP contribution in [-0.4, -0.2) is 42.6 Å². The Labute approximate surface area is 130 Å². The molecule has 3 N–H and O–H groups in total. The fourth-order valence-electron chi connectivity index (χ4n) is 1.82. The van der Waals surface area contributed by atoms with Gasteiger partial charge in [-0.25, -0.2) is 0 Å². The fourth-order valence-corrected chi connectivity index (χ4v) is 1.82. The van der Waals surface area contributed by atoms with Crippen LogP contribution in [0.25, 0.3) is 0 Å². The van der Waals surface area contributed by atoms with E-state index in [9.17, 15) is 5.11 Å². The molecule has 2 aromatic carbocycles. The minimum Gasteiger partial charge on any atom is -0.508 e. The van der Waals surface area contributed by atoms with Gasteiger partial charge < -0.3 is 25.0 Å². The van der Waals surface area contributed by atoms with Crippen molar-refractivity contribution in [2.24, 2.45) is 0 Å². The van der Waals surface area contributed by atoms with Crippen molar-refractivity contribution in [3.05, 3.63) is 54.6 Å². The van der Waals surface area contributed by atoms with Gasteiger partial charge in [-0.3, -0.25) is 0 Å². The first-order valence-electron chi connectivity index (χ1n) is 7.22. The molecule has 0 amide bonds. The third-order valence-corrected chi connectivity index (χ3v) is 2.95. The average molecular weight is 303 g/mol. The van der Waals surface area contributed by atoms with Crippen LogP contribution in [-0.2, 0) is 0 Å². The fraction of sp³-hybridized carbons (Fsp3) is 0.294. The summed E-state index contributed by atoms with van der Waals surface area (Å²) >= 11 is 0. The molecule has 0 aromatic heterocycles. The number of benzene rings is 2. The molecule has 0 bridgehead atoms. The number of hydrogen-bond acceptors (Lipinski definition) is 5. The topological polar surface area (TPSA) is 71.0 Å². The number of rotatable bonds is 9. The van der Waals surface area contributed by atoms with Crippen molar-refractivity contribution in [3.63, 3.8) is 0 Å². The molecule has 0 aliphatic rings. The Bertz CT molecular complexity index is 530. The third kappa shape index (κ3) is 6.03. The number of ether oxygens (including phenoxy) is 2. The Morgan fingerprint density at radius 1 is 0.909 bits per heavy atom. The molecular weight excluding hydrogens is 282 g/mol. The van der Waals surface area contributed by atoms with Gasteiger partial charge in [-0.05, 0) is 36.4 Å². The number of phenolic OH excluding ortho intramolecular Hbond substituents is 1. The van der Waals surface area contributed by atoms with E-state index in [-0.39, 0.29) is 12.4 Å². The summed E-state index contributed by atoms with van der Waals surface area (Å²) in [5, 5.41) is 22.1. The lowest BCUT2D eigenvalue weighted by atomic mass is 10.3. The smallest absolute Gasteiger partial charge is 0.119 e. The minimum absolute atomic E-state index is 0.188. The van der Waals surface area contributed by atoms with Gasteiger partial charge in [0.2, 0.25) is 0 Å². The molecule has 0 radical (unpaired) electrons. The van der Waals surface area contributed by atoms with E-state index in [1.165, 1.54) is 0 Å². The molecule has 5 nitrogen and oxygen atoms in total. The van der Waals surface area contributed by atoms with Crippen LogP contribution in [0.15, 0.2) is 54.6 Å². The molecule has 0 saturated heterocycles. The predicted molar refractivity (Wildman–Crippen MR) is 84.4 cm³/mol. The minimum atomic E-state index is -0.606. The van der Waals surface area contributed by atoms with E-state index >= 15 is 0 Å². The third-order valence-electron chi connectivity index (χ3n) is 2.95. The van der Waals surface area contributed by atoms with Gasteiger partial charge in [0.1, 0.15) is 36.6 Å². The Morgan fingerprint density at radius 3 is 2.32 bits per heavy atom. The first-order chi connectivity index (χ1) is 10.7. The maximum Gasteiger partial charge on any atom is 0.119 e. The molecule has 0 saturated carbocycles. The lowest BCUT2D eigenvalue weighted by Crippen LogP contribution is -2.33. The zero-order chi connectivity index (χ0) is 15.6. The number of hydrogen-bond donors (Lipinski definition) is 3.